The topological polar surface area (TPSA) is 49.9 Å². The van der Waals surface area contributed by atoms with Gasteiger partial charge in [0.15, 0.2) is 0 Å². The predicted octanol–water partition coefficient (Wildman–Crippen LogP) is 1.24. The van der Waals surface area contributed by atoms with Crippen LogP contribution in [0.5, 0.6) is 0 Å². The summed E-state index contributed by atoms with van der Waals surface area (Å²) in [6.45, 7) is 0. The molecule has 0 aliphatic rings. The summed E-state index contributed by atoms with van der Waals surface area (Å²) in [6.07, 6.45) is 1.14. The highest BCUT2D eigenvalue weighted by Gasteiger charge is 1.81. The van der Waals surface area contributed by atoms with Crippen molar-refractivity contribution in [3.8, 4) is 0 Å². The van der Waals surface area contributed by atoms with Gasteiger partial charge in [0.1, 0.15) is 10.3 Å². The lowest BCUT2D eigenvalue weighted by Crippen LogP contribution is -1.88. The van der Waals surface area contributed by atoms with E-state index in [1.165, 1.54) is 0 Å². The van der Waals surface area contributed by atoms with E-state index in [4.69, 9.17) is 34.3 Å². The minimum atomic E-state index is -0.160. The lowest BCUT2D eigenvalue weighted by atomic mass is 10.7. The summed E-state index contributed by atoms with van der Waals surface area (Å²) >= 11 is 10.1. The van der Waals surface area contributed by atoms with Crippen molar-refractivity contribution >= 4 is 28.4 Å². The maximum Gasteiger partial charge on any atom is 0.123 e. The van der Waals surface area contributed by atoms with Crippen LogP contribution in [0.25, 0.3) is 0 Å². The Morgan fingerprint density at radius 3 is 2.00 bits per heavy atom. The first-order valence-corrected chi connectivity index (χ1v) is 2.25. The standard InChI is InChI=1S/C3H4Cl2N2/c4-2(6)1-3(5)7/h1,6H,7H2/b3-1-,6-2?. The van der Waals surface area contributed by atoms with Crippen molar-refractivity contribution in [2.75, 3.05) is 0 Å². The van der Waals surface area contributed by atoms with Crippen molar-refractivity contribution in [2.24, 2.45) is 5.73 Å². The van der Waals surface area contributed by atoms with E-state index in [2.05, 4.69) is 0 Å². The van der Waals surface area contributed by atoms with E-state index in [9.17, 15) is 0 Å². The van der Waals surface area contributed by atoms with Gasteiger partial charge in [-0.15, -0.1) is 0 Å². The molecule has 0 atom stereocenters. The van der Waals surface area contributed by atoms with Crippen LogP contribution >= 0.6 is 23.2 Å². The molecule has 0 saturated heterocycles. The number of hydrogen-bond acceptors (Lipinski definition) is 2. The molecule has 0 rings (SSSR count). The second kappa shape index (κ2) is 2.88. The van der Waals surface area contributed by atoms with Gasteiger partial charge in [-0.3, -0.25) is 5.41 Å². The molecule has 0 unspecified atom stereocenters. The lowest BCUT2D eigenvalue weighted by Gasteiger charge is -1.80. The molecule has 0 amide bonds. The largest absolute Gasteiger partial charge is 0.389 e. The number of allylic oxidation sites excluding steroid dienone is 1. The molecule has 2 nitrogen and oxygen atoms in total. The molecule has 0 aliphatic heterocycles. The summed E-state index contributed by atoms with van der Waals surface area (Å²) in [5.41, 5.74) is 4.89. The molecular formula is C3H4Cl2N2. The third-order valence-corrected chi connectivity index (χ3v) is 0.483. The molecule has 0 aliphatic carbocycles. The van der Waals surface area contributed by atoms with Crippen molar-refractivity contribution in [3.05, 3.63) is 11.2 Å². The molecule has 0 radical (unpaired) electrons. The van der Waals surface area contributed by atoms with E-state index < -0.39 is 0 Å². The quantitative estimate of drug-likeness (QED) is 0.416. The molecule has 7 heavy (non-hydrogen) atoms. The zero-order valence-corrected chi connectivity index (χ0v) is 4.92. The van der Waals surface area contributed by atoms with Crippen LogP contribution in [0, 0.1) is 5.41 Å². The van der Waals surface area contributed by atoms with Crippen LogP contribution in [0.3, 0.4) is 0 Å². The fraction of sp³-hybridized carbons (Fsp3) is 0. The molecule has 0 aromatic rings. The summed E-state index contributed by atoms with van der Waals surface area (Å²) in [5.74, 6) is 0. The van der Waals surface area contributed by atoms with Gasteiger partial charge >= 0.3 is 0 Å². The molecule has 0 fully saturated rings. The summed E-state index contributed by atoms with van der Waals surface area (Å²) in [7, 11) is 0. The minimum absolute atomic E-state index is 0.0278. The van der Waals surface area contributed by atoms with Crippen molar-refractivity contribution in [3.63, 3.8) is 0 Å². The number of nitrogens with one attached hydrogen (secondary N) is 1. The first-order valence-electron chi connectivity index (χ1n) is 1.49. The SMILES string of the molecule is N=C(Cl)/C=C(\N)Cl. The fourth-order valence-electron chi connectivity index (χ4n) is 0.121. The van der Waals surface area contributed by atoms with Crippen LogP contribution in [-0.4, -0.2) is 5.17 Å². The Labute approximate surface area is 51.4 Å². The monoisotopic (exact) mass is 138 g/mol. The number of halogens is 2. The highest BCUT2D eigenvalue weighted by Crippen LogP contribution is 1.91. The van der Waals surface area contributed by atoms with Crippen LogP contribution in [0.1, 0.15) is 0 Å². The lowest BCUT2D eigenvalue weighted by molar-refractivity contribution is 1.52. The smallest absolute Gasteiger partial charge is 0.123 e. The molecular weight excluding hydrogens is 135 g/mol. The summed E-state index contributed by atoms with van der Waals surface area (Å²) < 4.78 is 0. The molecule has 3 N–H and O–H groups in total. The molecule has 40 valence electrons. The highest BCUT2D eigenvalue weighted by molar-refractivity contribution is 6.68. The van der Waals surface area contributed by atoms with E-state index in [0.29, 0.717) is 0 Å². The second-order valence-electron chi connectivity index (χ2n) is 0.877. The Hall–Kier alpha value is -0.210. The van der Waals surface area contributed by atoms with Gasteiger partial charge in [0.25, 0.3) is 0 Å². The van der Waals surface area contributed by atoms with Crippen molar-refractivity contribution in [1.29, 1.82) is 5.41 Å². The summed E-state index contributed by atoms with van der Waals surface area (Å²) in [4.78, 5) is 0. The fourth-order valence-corrected chi connectivity index (χ4v) is 0.404. The Morgan fingerprint density at radius 1 is 1.57 bits per heavy atom. The average Bonchev–Trinajstić information content (AvgIpc) is 1.27. The van der Waals surface area contributed by atoms with Gasteiger partial charge in [-0.25, -0.2) is 0 Å². The molecule has 0 aromatic carbocycles. The Morgan fingerprint density at radius 2 is 2.00 bits per heavy atom. The van der Waals surface area contributed by atoms with Crippen molar-refractivity contribution in [1.82, 2.24) is 0 Å². The van der Waals surface area contributed by atoms with Gasteiger partial charge < -0.3 is 5.73 Å². The second-order valence-corrected chi connectivity index (χ2v) is 1.72. The Kier molecular flexibility index (Phi) is 2.79. The van der Waals surface area contributed by atoms with Gasteiger partial charge in [0.05, 0.1) is 0 Å². The maximum atomic E-state index is 6.55. The van der Waals surface area contributed by atoms with Gasteiger partial charge in [-0.1, -0.05) is 23.2 Å². The van der Waals surface area contributed by atoms with Crippen molar-refractivity contribution in [2.45, 2.75) is 0 Å². The predicted molar refractivity (Wildman–Crippen MR) is 31.7 cm³/mol. The van der Waals surface area contributed by atoms with Crippen LogP contribution in [0.15, 0.2) is 11.2 Å². The van der Waals surface area contributed by atoms with Crippen LogP contribution in [-0.2, 0) is 0 Å². The van der Waals surface area contributed by atoms with Gasteiger partial charge in [0.2, 0.25) is 0 Å². The van der Waals surface area contributed by atoms with Crippen LogP contribution in [0.4, 0.5) is 0 Å². The van der Waals surface area contributed by atoms with Gasteiger partial charge in [-0.05, 0) is 0 Å². The van der Waals surface area contributed by atoms with Gasteiger partial charge in [0, 0.05) is 6.08 Å². The van der Waals surface area contributed by atoms with E-state index in [0.717, 1.165) is 6.08 Å². The van der Waals surface area contributed by atoms with Crippen LogP contribution in [0.2, 0.25) is 0 Å². The van der Waals surface area contributed by atoms with E-state index >= 15 is 0 Å². The molecule has 4 heteroatoms. The zero-order valence-electron chi connectivity index (χ0n) is 3.41. The highest BCUT2D eigenvalue weighted by atomic mass is 35.5. The van der Waals surface area contributed by atoms with Crippen molar-refractivity contribution < 1.29 is 0 Å². The first-order chi connectivity index (χ1) is 3.13. The average molecular weight is 139 g/mol. The van der Waals surface area contributed by atoms with E-state index in [1.54, 1.807) is 0 Å². The number of nitrogens with two attached hydrogens (primary N) is 1. The zero-order chi connectivity index (χ0) is 5.86. The normalized spacial score (nSPS) is 11.4. The first kappa shape index (κ1) is 6.79. The molecule has 0 aromatic heterocycles. The third kappa shape index (κ3) is 5.79. The number of hydrogen-bond donors (Lipinski definition) is 2. The Balaban J connectivity index is 3.68. The minimum Gasteiger partial charge on any atom is -0.389 e. The molecule has 0 saturated carbocycles. The van der Waals surface area contributed by atoms with Gasteiger partial charge in [-0.2, -0.15) is 0 Å². The molecule has 0 bridgehead atoms. The van der Waals surface area contributed by atoms with E-state index in [-0.39, 0.29) is 10.3 Å². The van der Waals surface area contributed by atoms with E-state index in [1.807, 2.05) is 0 Å². The number of rotatable bonds is 1. The molecule has 0 spiro atoms. The summed E-state index contributed by atoms with van der Waals surface area (Å²) in [5, 5.41) is 6.42. The molecule has 0 heterocycles. The maximum absolute atomic E-state index is 6.55. The Bertz CT molecular complexity index is 104. The van der Waals surface area contributed by atoms with Crippen LogP contribution < -0.4 is 5.73 Å². The summed E-state index contributed by atoms with van der Waals surface area (Å²) in [6, 6.07) is 0. The third-order valence-electron chi connectivity index (χ3n) is 0.265.